The topological polar surface area (TPSA) is 46.9 Å². The zero-order chi connectivity index (χ0) is 23.8. The number of hydrogen-bond acceptors (Lipinski definition) is 2. The van der Waals surface area contributed by atoms with Gasteiger partial charge in [-0.1, -0.05) is 11.6 Å². The molecule has 3 aromatic rings. The van der Waals surface area contributed by atoms with Crippen molar-refractivity contribution in [2.24, 2.45) is 0 Å². The van der Waals surface area contributed by atoms with Gasteiger partial charge >= 0.3 is 6.18 Å². The Morgan fingerprint density at radius 2 is 1.72 bits per heavy atom. The molecule has 1 heterocycles. The summed E-state index contributed by atoms with van der Waals surface area (Å²) in [5.74, 6) is -6.69. The first-order valence-electron chi connectivity index (χ1n) is 8.90. The van der Waals surface area contributed by atoms with Crippen molar-refractivity contribution < 1.29 is 35.5 Å². The van der Waals surface area contributed by atoms with Gasteiger partial charge in [0.15, 0.2) is 17.5 Å². The van der Waals surface area contributed by atoms with Gasteiger partial charge in [-0.15, -0.1) is 0 Å². The van der Waals surface area contributed by atoms with E-state index >= 15 is 0 Å². The van der Waals surface area contributed by atoms with Crippen LogP contribution in [-0.2, 0) is 6.54 Å². The van der Waals surface area contributed by atoms with Gasteiger partial charge in [0.2, 0.25) is 0 Å². The molecule has 1 amide bonds. The molecule has 3 rings (SSSR count). The second-order valence-corrected chi connectivity index (χ2v) is 7.20. The third-order valence-corrected chi connectivity index (χ3v) is 4.78. The summed E-state index contributed by atoms with van der Waals surface area (Å²) in [5.41, 5.74) is -0.365. The van der Waals surface area contributed by atoms with E-state index in [9.17, 15) is 35.5 Å². The number of carbonyl (C=O) groups is 1. The number of nitrogens with zero attached hydrogens (tertiary/aromatic N) is 2. The molecule has 170 valence electrons. The Morgan fingerprint density at radius 3 is 2.28 bits per heavy atom. The summed E-state index contributed by atoms with van der Waals surface area (Å²) in [6.07, 6.45) is -3.78. The summed E-state index contributed by atoms with van der Waals surface area (Å²) in [6, 6.07) is 2.52. The van der Waals surface area contributed by atoms with Crippen LogP contribution in [-0.4, -0.2) is 27.7 Å². The van der Waals surface area contributed by atoms with Crippen molar-refractivity contribution in [3.63, 3.8) is 0 Å². The average molecular weight is 480 g/mol. The Hall–Kier alpha value is -3.08. The van der Waals surface area contributed by atoms with E-state index in [0.29, 0.717) is 12.1 Å². The van der Waals surface area contributed by atoms with Crippen molar-refractivity contribution in [1.29, 1.82) is 0 Å². The molecule has 0 aliphatic heterocycles. The van der Waals surface area contributed by atoms with Gasteiger partial charge in [-0.25, -0.2) is 22.5 Å². The average Bonchev–Trinajstić information content (AvgIpc) is 3.11. The highest BCUT2D eigenvalue weighted by atomic mass is 35.5. The highest BCUT2D eigenvalue weighted by Crippen LogP contribution is 2.27. The second kappa shape index (κ2) is 8.81. The number of imidazole rings is 1. The van der Waals surface area contributed by atoms with Crippen LogP contribution in [0.4, 0.5) is 30.7 Å². The van der Waals surface area contributed by atoms with Crippen molar-refractivity contribution in [2.45, 2.75) is 25.7 Å². The number of aromatic nitrogens is 2. The minimum atomic E-state index is -4.73. The van der Waals surface area contributed by atoms with Gasteiger partial charge in [0.05, 0.1) is 17.8 Å². The number of alkyl halides is 3. The number of rotatable bonds is 5. The molecule has 0 radical (unpaired) electrons. The van der Waals surface area contributed by atoms with Gasteiger partial charge in [0.25, 0.3) is 5.91 Å². The van der Waals surface area contributed by atoms with Crippen LogP contribution < -0.4 is 5.32 Å². The molecule has 12 heteroatoms. The largest absolute Gasteiger partial charge is 0.408 e. The first-order chi connectivity index (χ1) is 14.9. The van der Waals surface area contributed by atoms with E-state index in [4.69, 9.17) is 11.6 Å². The first-order valence-corrected chi connectivity index (χ1v) is 9.28. The van der Waals surface area contributed by atoms with Gasteiger partial charge in [0, 0.05) is 5.56 Å². The summed E-state index contributed by atoms with van der Waals surface area (Å²) in [6.45, 7) is 0.256. The standard InChI is InChI=1S/C20H13ClF7N3O/c1-9(20(26,27)28)30-19(32)16-7-29-18(11-2-3-13(22)12(21)6-11)31(16)8-10-4-14(23)17(25)15(24)5-10/h2-7,9H,8H2,1H3,(H,30,32)/t9-/m0/s1. The Labute approximate surface area is 181 Å². The minimum Gasteiger partial charge on any atom is -0.339 e. The fraction of sp³-hybridized carbons (Fsp3) is 0.200. The molecule has 0 saturated heterocycles. The molecular weight excluding hydrogens is 467 g/mol. The van der Waals surface area contributed by atoms with Crippen molar-refractivity contribution >= 4 is 17.5 Å². The fourth-order valence-corrected chi connectivity index (χ4v) is 3.00. The van der Waals surface area contributed by atoms with E-state index in [1.54, 1.807) is 5.32 Å². The molecule has 1 aromatic heterocycles. The van der Waals surface area contributed by atoms with Crippen LogP contribution in [0.5, 0.6) is 0 Å². The van der Waals surface area contributed by atoms with Gasteiger partial charge in [-0.05, 0) is 42.8 Å². The fourth-order valence-electron chi connectivity index (χ4n) is 2.82. The Balaban J connectivity index is 2.09. The van der Waals surface area contributed by atoms with Crippen molar-refractivity contribution in [1.82, 2.24) is 14.9 Å². The Kier molecular flexibility index (Phi) is 6.49. The molecule has 0 aliphatic carbocycles. The number of benzene rings is 2. The van der Waals surface area contributed by atoms with Crippen molar-refractivity contribution in [3.8, 4) is 11.4 Å². The summed E-state index contributed by atoms with van der Waals surface area (Å²) in [7, 11) is 0. The molecule has 0 fully saturated rings. The van der Waals surface area contributed by atoms with E-state index in [1.807, 2.05) is 0 Å². The van der Waals surface area contributed by atoms with Gasteiger partial charge < -0.3 is 9.88 Å². The van der Waals surface area contributed by atoms with Gasteiger partial charge in [-0.3, -0.25) is 4.79 Å². The van der Waals surface area contributed by atoms with E-state index < -0.39 is 47.9 Å². The lowest BCUT2D eigenvalue weighted by molar-refractivity contribution is -0.149. The van der Waals surface area contributed by atoms with Crippen LogP contribution >= 0.6 is 11.6 Å². The van der Waals surface area contributed by atoms with Crippen LogP contribution in [0.3, 0.4) is 0 Å². The molecule has 4 nitrogen and oxygen atoms in total. The third-order valence-electron chi connectivity index (χ3n) is 4.49. The lowest BCUT2D eigenvalue weighted by Gasteiger charge is -2.18. The molecule has 0 aliphatic rings. The Morgan fingerprint density at radius 1 is 1.09 bits per heavy atom. The van der Waals surface area contributed by atoms with Crippen LogP contribution in [0, 0.1) is 23.3 Å². The van der Waals surface area contributed by atoms with Gasteiger partial charge in [-0.2, -0.15) is 13.2 Å². The highest BCUT2D eigenvalue weighted by Gasteiger charge is 2.37. The predicted molar refractivity (Wildman–Crippen MR) is 101 cm³/mol. The van der Waals surface area contributed by atoms with E-state index in [2.05, 4.69) is 4.98 Å². The van der Waals surface area contributed by atoms with Crippen LogP contribution in [0.15, 0.2) is 36.5 Å². The molecule has 1 atom stereocenters. The second-order valence-electron chi connectivity index (χ2n) is 6.79. The Bertz CT molecular complexity index is 1150. The zero-order valence-corrected chi connectivity index (χ0v) is 16.8. The molecule has 32 heavy (non-hydrogen) atoms. The van der Waals surface area contributed by atoms with Crippen molar-refractivity contribution in [3.05, 3.63) is 76.1 Å². The molecular formula is C20H13ClF7N3O. The van der Waals surface area contributed by atoms with Gasteiger partial charge in [0.1, 0.15) is 23.4 Å². The molecule has 1 N–H and O–H groups in total. The summed E-state index contributed by atoms with van der Waals surface area (Å²) in [5, 5.41) is 1.46. The van der Waals surface area contributed by atoms with Crippen molar-refractivity contribution in [2.75, 3.05) is 0 Å². The quantitative estimate of drug-likeness (QED) is 0.389. The van der Waals surface area contributed by atoms with E-state index in [-0.39, 0.29) is 27.7 Å². The van der Waals surface area contributed by atoms with Crippen LogP contribution in [0.1, 0.15) is 23.0 Å². The maximum atomic E-state index is 13.6. The third kappa shape index (κ3) is 4.87. The van der Waals surface area contributed by atoms with Crippen LogP contribution in [0.25, 0.3) is 11.4 Å². The normalized spacial score (nSPS) is 12.7. The number of carbonyl (C=O) groups excluding carboxylic acids is 1. The molecule has 0 saturated carbocycles. The molecule has 2 aromatic carbocycles. The van der Waals surface area contributed by atoms with Crippen LogP contribution in [0.2, 0.25) is 5.02 Å². The number of amides is 1. The van der Waals surface area contributed by atoms with E-state index in [0.717, 1.165) is 29.8 Å². The summed E-state index contributed by atoms with van der Waals surface area (Å²) in [4.78, 5) is 16.5. The highest BCUT2D eigenvalue weighted by molar-refractivity contribution is 6.31. The first kappa shape index (κ1) is 23.6. The summed E-state index contributed by atoms with van der Waals surface area (Å²) >= 11 is 5.77. The maximum Gasteiger partial charge on any atom is 0.408 e. The minimum absolute atomic E-state index is 0.0538. The van der Waals surface area contributed by atoms with E-state index in [1.165, 1.54) is 6.07 Å². The number of hydrogen-bond donors (Lipinski definition) is 1. The lowest BCUT2D eigenvalue weighted by atomic mass is 10.1. The SMILES string of the molecule is C[C@H](NC(=O)c1cnc(-c2ccc(F)c(Cl)c2)n1Cc1cc(F)c(F)c(F)c1)C(F)(F)F. The molecule has 0 spiro atoms. The smallest absolute Gasteiger partial charge is 0.339 e. The molecule has 0 unspecified atom stereocenters. The lowest BCUT2D eigenvalue weighted by Crippen LogP contribution is -2.43. The monoisotopic (exact) mass is 479 g/mol. The molecule has 0 bridgehead atoms. The maximum absolute atomic E-state index is 13.6. The number of halogens is 8. The zero-order valence-electron chi connectivity index (χ0n) is 16.1. The summed E-state index contributed by atoms with van der Waals surface area (Å²) < 4.78 is 93.7. The number of nitrogens with one attached hydrogen (secondary N) is 1. The predicted octanol–water partition coefficient (Wildman–Crippen LogP) is 5.49.